The molecule has 1 aromatic rings. The van der Waals surface area contributed by atoms with Gasteiger partial charge in [0.15, 0.2) is 12.4 Å². The number of carbonyl (C=O) groups is 2. The molecule has 0 radical (unpaired) electrons. The van der Waals surface area contributed by atoms with E-state index in [1.807, 2.05) is 0 Å². The van der Waals surface area contributed by atoms with E-state index in [2.05, 4.69) is 10.5 Å². The first kappa shape index (κ1) is 15.5. The summed E-state index contributed by atoms with van der Waals surface area (Å²) in [5.41, 5.74) is 0. The maximum absolute atomic E-state index is 12.0. The number of hydrogen-bond donors (Lipinski definition) is 2. The van der Waals surface area contributed by atoms with Gasteiger partial charge in [0, 0.05) is 6.07 Å². The highest BCUT2D eigenvalue weighted by molar-refractivity contribution is 5.90. The number of nitrogens with one attached hydrogen (secondary N) is 2. The third kappa shape index (κ3) is 4.56. The maximum Gasteiger partial charge on any atom is 0.314 e. The van der Waals surface area contributed by atoms with E-state index in [0.29, 0.717) is 31.3 Å². The van der Waals surface area contributed by atoms with Gasteiger partial charge in [-0.25, -0.2) is 0 Å². The van der Waals surface area contributed by atoms with Crippen molar-refractivity contribution in [3.05, 3.63) is 11.8 Å². The van der Waals surface area contributed by atoms with Gasteiger partial charge in [0.1, 0.15) is 11.7 Å². The smallest absolute Gasteiger partial charge is 0.314 e. The quantitative estimate of drug-likeness (QED) is 0.734. The van der Waals surface area contributed by atoms with Crippen LogP contribution < -0.4 is 10.2 Å². The van der Waals surface area contributed by atoms with E-state index < -0.39 is 0 Å². The predicted octanol–water partition coefficient (Wildman–Crippen LogP) is -0.220. The molecule has 1 aliphatic heterocycles. The summed E-state index contributed by atoms with van der Waals surface area (Å²) in [7, 11) is 0. The number of hydrogen-bond acceptors (Lipinski definition) is 5. The number of piperidine rings is 1. The highest BCUT2D eigenvalue weighted by Crippen LogP contribution is 2.09. The van der Waals surface area contributed by atoms with Crippen LogP contribution in [-0.2, 0) is 14.3 Å². The van der Waals surface area contributed by atoms with Gasteiger partial charge in [-0.15, -0.1) is 0 Å². The number of amides is 1. The number of ether oxygens (including phenoxy) is 1. The number of rotatable bonds is 5. The molecular formula is C14H22N3O4+. The molecule has 21 heavy (non-hydrogen) atoms. The van der Waals surface area contributed by atoms with Crippen LogP contribution in [0.4, 0.5) is 5.82 Å². The average molecular weight is 296 g/mol. The minimum absolute atomic E-state index is 0.101. The minimum atomic E-state index is -0.151. The highest BCUT2D eigenvalue weighted by atomic mass is 16.5. The lowest BCUT2D eigenvalue weighted by Crippen LogP contribution is -3.14. The first-order valence-electron chi connectivity index (χ1n) is 7.32. The number of esters is 1. The molecule has 1 saturated heterocycles. The van der Waals surface area contributed by atoms with E-state index in [1.54, 1.807) is 19.9 Å². The Morgan fingerprint density at radius 2 is 2.38 bits per heavy atom. The van der Waals surface area contributed by atoms with Crippen LogP contribution in [-0.4, -0.2) is 43.3 Å². The lowest BCUT2D eigenvalue weighted by Gasteiger charge is -2.28. The summed E-state index contributed by atoms with van der Waals surface area (Å²) in [4.78, 5) is 24.8. The molecule has 1 aromatic heterocycles. The largest absolute Gasteiger partial charge is 0.466 e. The van der Waals surface area contributed by atoms with Gasteiger partial charge in [-0.1, -0.05) is 5.16 Å². The van der Waals surface area contributed by atoms with E-state index in [0.717, 1.165) is 24.3 Å². The van der Waals surface area contributed by atoms with Crippen molar-refractivity contribution in [2.24, 2.45) is 5.92 Å². The monoisotopic (exact) mass is 296 g/mol. The Balaban J connectivity index is 1.81. The Hall–Kier alpha value is -1.89. The molecule has 0 spiro atoms. The number of aryl methyl sites for hydroxylation is 1. The van der Waals surface area contributed by atoms with Crippen molar-refractivity contribution in [1.82, 2.24) is 5.16 Å². The van der Waals surface area contributed by atoms with Gasteiger partial charge in [-0.3, -0.25) is 9.59 Å². The Morgan fingerprint density at radius 1 is 1.57 bits per heavy atom. The van der Waals surface area contributed by atoms with E-state index in [4.69, 9.17) is 9.26 Å². The third-order valence-electron chi connectivity index (χ3n) is 3.54. The maximum atomic E-state index is 12.0. The van der Waals surface area contributed by atoms with Crippen LogP contribution in [0.2, 0.25) is 0 Å². The second-order valence-electron chi connectivity index (χ2n) is 5.34. The summed E-state index contributed by atoms with van der Waals surface area (Å²) in [5.74, 6) is 0.703. The summed E-state index contributed by atoms with van der Waals surface area (Å²) in [5, 5.41) is 6.42. The summed E-state index contributed by atoms with van der Waals surface area (Å²) < 4.78 is 9.96. The molecule has 1 fully saturated rings. The fourth-order valence-electron chi connectivity index (χ4n) is 2.61. The molecule has 0 aliphatic carbocycles. The van der Waals surface area contributed by atoms with Gasteiger partial charge in [0.25, 0.3) is 5.91 Å². The number of nitrogens with zero attached hydrogens (tertiary/aromatic N) is 1. The normalized spacial score (nSPS) is 21.8. The molecule has 7 nitrogen and oxygen atoms in total. The molecule has 0 aromatic carbocycles. The molecule has 2 heterocycles. The molecule has 1 amide bonds. The van der Waals surface area contributed by atoms with Gasteiger partial charge in [0.2, 0.25) is 0 Å². The van der Waals surface area contributed by atoms with Crippen LogP contribution in [0.5, 0.6) is 0 Å². The molecule has 1 aliphatic rings. The van der Waals surface area contributed by atoms with Crippen LogP contribution >= 0.6 is 0 Å². The summed E-state index contributed by atoms with van der Waals surface area (Å²) in [6, 6.07) is 1.67. The second-order valence-corrected chi connectivity index (χ2v) is 5.34. The molecule has 2 atom stereocenters. The summed E-state index contributed by atoms with van der Waals surface area (Å²) in [6.45, 7) is 5.82. The molecule has 0 bridgehead atoms. The number of anilines is 1. The lowest BCUT2D eigenvalue weighted by atomic mass is 9.98. The molecule has 7 heteroatoms. The standard InChI is InChI=1S/C14H21N3O4/c1-3-20-14(19)11-5-4-6-17(8-11)9-13(18)15-12-7-10(2)21-16-12/h7,11H,3-6,8-9H2,1-2H3,(H,15,16,18)/p+1/t11-/m1/s1. The van der Waals surface area contributed by atoms with E-state index in [1.165, 1.54) is 0 Å². The van der Waals surface area contributed by atoms with Gasteiger partial charge < -0.3 is 19.5 Å². The van der Waals surface area contributed by atoms with Crippen molar-refractivity contribution in [2.45, 2.75) is 26.7 Å². The summed E-state index contributed by atoms with van der Waals surface area (Å²) in [6.07, 6.45) is 1.77. The fraction of sp³-hybridized carbons (Fsp3) is 0.643. The SMILES string of the molecule is CCOC(=O)[C@@H]1CCC[NH+](CC(=O)Nc2cc(C)on2)C1. The zero-order chi connectivity index (χ0) is 15.2. The van der Waals surface area contributed by atoms with Crippen molar-refractivity contribution < 1.29 is 23.7 Å². The van der Waals surface area contributed by atoms with Crippen molar-refractivity contribution in [3.63, 3.8) is 0 Å². The first-order chi connectivity index (χ1) is 10.1. The number of likely N-dealkylation sites (tertiary alicyclic amines) is 1. The van der Waals surface area contributed by atoms with Gasteiger partial charge in [0.05, 0.1) is 19.7 Å². The van der Waals surface area contributed by atoms with Crippen LogP contribution in [0.15, 0.2) is 10.6 Å². The Morgan fingerprint density at radius 3 is 3.05 bits per heavy atom. The van der Waals surface area contributed by atoms with Crippen molar-refractivity contribution in [2.75, 3.05) is 31.6 Å². The van der Waals surface area contributed by atoms with E-state index in [-0.39, 0.29) is 17.8 Å². The first-order valence-corrected chi connectivity index (χ1v) is 7.32. The molecular weight excluding hydrogens is 274 g/mol. The zero-order valence-electron chi connectivity index (χ0n) is 12.5. The Kier molecular flexibility index (Phi) is 5.32. The van der Waals surface area contributed by atoms with Crippen LogP contribution in [0.1, 0.15) is 25.5 Å². The van der Waals surface area contributed by atoms with Gasteiger partial charge in [-0.2, -0.15) is 0 Å². The molecule has 1 unspecified atom stereocenters. The lowest BCUT2D eigenvalue weighted by molar-refractivity contribution is -0.899. The Labute approximate surface area is 123 Å². The van der Waals surface area contributed by atoms with Crippen LogP contribution in [0, 0.1) is 12.8 Å². The van der Waals surface area contributed by atoms with Crippen LogP contribution in [0.25, 0.3) is 0 Å². The predicted molar refractivity (Wildman–Crippen MR) is 74.8 cm³/mol. The van der Waals surface area contributed by atoms with E-state index >= 15 is 0 Å². The molecule has 0 saturated carbocycles. The number of quaternary nitrogens is 1. The highest BCUT2D eigenvalue weighted by Gasteiger charge is 2.30. The van der Waals surface area contributed by atoms with E-state index in [9.17, 15) is 9.59 Å². The minimum Gasteiger partial charge on any atom is -0.466 e. The average Bonchev–Trinajstić information content (AvgIpc) is 2.84. The second kappa shape index (κ2) is 7.21. The van der Waals surface area contributed by atoms with Crippen molar-refractivity contribution >= 4 is 17.7 Å². The van der Waals surface area contributed by atoms with Crippen molar-refractivity contribution in [3.8, 4) is 0 Å². The van der Waals surface area contributed by atoms with Gasteiger partial charge in [-0.05, 0) is 26.7 Å². The Bertz CT molecular complexity index is 500. The van der Waals surface area contributed by atoms with Crippen LogP contribution in [0.3, 0.4) is 0 Å². The fourth-order valence-corrected chi connectivity index (χ4v) is 2.61. The van der Waals surface area contributed by atoms with Gasteiger partial charge >= 0.3 is 5.97 Å². The number of aromatic nitrogens is 1. The van der Waals surface area contributed by atoms with Crippen molar-refractivity contribution in [1.29, 1.82) is 0 Å². The summed E-state index contributed by atoms with van der Waals surface area (Å²) >= 11 is 0. The topological polar surface area (TPSA) is 85.9 Å². The third-order valence-corrected chi connectivity index (χ3v) is 3.54. The number of carbonyl (C=O) groups excluding carboxylic acids is 2. The molecule has 2 N–H and O–H groups in total. The molecule has 2 rings (SSSR count). The zero-order valence-corrected chi connectivity index (χ0v) is 12.5. The molecule has 116 valence electrons.